The van der Waals surface area contributed by atoms with Gasteiger partial charge >= 0.3 is 0 Å². The zero-order valence-corrected chi connectivity index (χ0v) is 10.8. The van der Waals surface area contributed by atoms with Gasteiger partial charge in [0.1, 0.15) is 0 Å². The minimum absolute atomic E-state index is 0.199. The third kappa shape index (κ3) is 5.77. The number of rotatable bonds is 8. The molecule has 1 aromatic rings. The second-order valence-corrected chi connectivity index (χ2v) is 4.33. The van der Waals surface area contributed by atoms with Crippen molar-refractivity contribution in [2.45, 2.75) is 18.9 Å². The average molecular weight is 237 g/mol. The summed E-state index contributed by atoms with van der Waals surface area (Å²) in [5, 5.41) is 12.1. The van der Waals surface area contributed by atoms with Crippen molar-refractivity contribution in [2.75, 3.05) is 33.8 Å². The largest absolute Gasteiger partial charge is 0.395 e. The van der Waals surface area contributed by atoms with Crippen LogP contribution in [0.3, 0.4) is 0 Å². The maximum absolute atomic E-state index is 9.06. The quantitative estimate of drug-likeness (QED) is 0.692. The molecule has 4 nitrogen and oxygen atoms in total. The first-order valence-electron chi connectivity index (χ1n) is 6.13. The van der Waals surface area contributed by atoms with Gasteiger partial charge in [0.15, 0.2) is 0 Å². The molecule has 2 N–H and O–H groups in total. The first-order chi connectivity index (χ1) is 8.26. The number of nitrogens with one attached hydrogen (secondary N) is 1. The number of aliphatic hydroxyl groups excluding tert-OH is 1. The number of pyridine rings is 1. The van der Waals surface area contributed by atoms with Gasteiger partial charge in [-0.15, -0.1) is 0 Å². The lowest BCUT2D eigenvalue weighted by Gasteiger charge is -2.19. The molecule has 0 spiro atoms. The van der Waals surface area contributed by atoms with E-state index in [1.54, 1.807) is 0 Å². The SMILES string of the molecule is CNC(CO)CCN(C)CCc1ccccn1. The van der Waals surface area contributed by atoms with E-state index in [4.69, 9.17) is 5.11 Å². The molecule has 96 valence electrons. The first kappa shape index (κ1) is 14.1. The highest BCUT2D eigenvalue weighted by Crippen LogP contribution is 1.98. The second kappa shape index (κ2) is 8.17. The molecule has 1 unspecified atom stereocenters. The summed E-state index contributed by atoms with van der Waals surface area (Å²) in [6, 6.07) is 6.21. The zero-order chi connectivity index (χ0) is 12.5. The second-order valence-electron chi connectivity index (χ2n) is 4.33. The molecule has 0 aliphatic carbocycles. The maximum Gasteiger partial charge on any atom is 0.0585 e. The molecule has 0 radical (unpaired) electrons. The third-order valence-electron chi connectivity index (χ3n) is 2.96. The fraction of sp³-hybridized carbons (Fsp3) is 0.615. The molecule has 0 amide bonds. The van der Waals surface area contributed by atoms with E-state index in [0.717, 1.165) is 31.6 Å². The van der Waals surface area contributed by atoms with Crippen LogP contribution in [0, 0.1) is 0 Å². The third-order valence-corrected chi connectivity index (χ3v) is 2.96. The lowest BCUT2D eigenvalue weighted by Crippen LogP contribution is -2.34. The van der Waals surface area contributed by atoms with Crippen LogP contribution in [0.5, 0.6) is 0 Å². The number of hydrogen-bond donors (Lipinski definition) is 2. The topological polar surface area (TPSA) is 48.4 Å². The smallest absolute Gasteiger partial charge is 0.0585 e. The molecule has 0 saturated carbocycles. The van der Waals surface area contributed by atoms with E-state index in [1.807, 2.05) is 25.4 Å². The highest BCUT2D eigenvalue weighted by atomic mass is 16.3. The fourth-order valence-electron chi connectivity index (χ4n) is 1.67. The summed E-state index contributed by atoms with van der Waals surface area (Å²) in [4.78, 5) is 6.57. The van der Waals surface area contributed by atoms with Gasteiger partial charge in [-0.1, -0.05) is 6.07 Å². The van der Waals surface area contributed by atoms with Gasteiger partial charge in [0.2, 0.25) is 0 Å². The van der Waals surface area contributed by atoms with Gasteiger partial charge in [0.05, 0.1) is 6.61 Å². The van der Waals surface area contributed by atoms with E-state index in [1.165, 1.54) is 0 Å². The lowest BCUT2D eigenvalue weighted by molar-refractivity contribution is 0.223. The number of nitrogens with zero attached hydrogens (tertiary/aromatic N) is 2. The van der Waals surface area contributed by atoms with Gasteiger partial charge in [-0.3, -0.25) is 4.98 Å². The van der Waals surface area contributed by atoms with Crippen LogP contribution in [-0.4, -0.2) is 54.8 Å². The van der Waals surface area contributed by atoms with Crippen LogP contribution < -0.4 is 5.32 Å². The van der Waals surface area contributed by atoms with Crippen LogP contribution in [0.4, 0.5) is 0 Å². The Labute approximate surface area is 104 Å². The number of hydrogen-bond acceptors (Lipinski definition) is 4. The summed E-state index contributed by atoms with van der Waals surface area (Å²) in [6.45, 7) is 2.18. The van der Waals surface area contributed by atoms with E-state index >= 15 is 0 Å². The normalized spacial score (nSPS) is 12.9. The predicted octanol–water partition coefficient (Wildman–Crippen LogP) is 0.526. The monoisotopic (exact) mass is 237 g/mol. The molecule has 0 fully saturated rings. The van der Waals surface area contributed by atoms with Crippen LogP contribution >= 0.6 is 0 Å². The zero-order valence-electron chi connectivity index (χ0n) is 10.8. The van der Waals surface area contributed by atoms with Gasteiger partial charge in [-0.25, -0.2) is 0 Å². The van der Waals surface area contributed by atoms with Gasteiger partial charge in [-0.2, -0.15) is 0 Å². The summed E-state index contributed by atoms with van der Waals surface area (Å²) >= 11 is 0. The molecular formula is C13H23N3O. The van der Waals surface area contributed by atoms with Crippen LogP contribution in [0.15, 0.2) is 24.4 Å². The Morgan fingerprint density at radius 2 is 2.24 bits per heavy atom. The minimum atomic E-state index is 0.199. The molecule has 0 aromatic carbocycles. The van der Waals surface area contributed by atoms with Crippen molar-refractivity contribution < 1.29 is 5.11 Å². The van der Waals surface area contributed by atoms with E-state index in [0.29, 0.717) is 0 Å². The van der Waals surface area contributed by atoms with Crippen molar-refractivity contribution in [3.8, 4) is 0 Å². The Morgan fingerprint density at radius 3 is 2.82 bits per heavy atom. The van der Waals surface area contributed by atoms with E-state index in [-0.39, 0.29) is 12.6 Å². The van der Waals surface area contributed by atoms with E-state index in [2.05, 4.69) is 28.3 Å². The van der Waals surface area contributed by atoms with Crippen LogP contribution in [0.2, 0.25) is 0 Å². The molecule has 0 aliphatic heterocycles. The molecule has 1 rings (SSSR count). The summed E-state index contributed by atoms with van der Waals surface area (Å²) < 4.78 is 0. The molecule has 0 aliphatic rings. The van der Waals surface area contributed by atoms with Gasteiger partial charge in [0, 0.05) is 30.9 Å². The Balaban J connectivity index is 2.19. The fourth-order valence-corrected chi connectivity index (χ4v) is 1.67. The van der Waals surface area contributed by atoms with Crippen molar-refractivity contribution in [3.05, 3.63) is 30.1 Å². The molecule has 1 aromatic heterocycles. The Kier molecular flexibility index (Phi) is 6.77. The summed E-state index contributed by atoms with van der Waals surface area (Å²) in [7, 11) is 3.99. The van der Waals surface area contributed by atoms with Crippen molar-refractivity contribution in [1.29, 1.82) is 0 Å². The predicted molar refractivity (Wildman–Crippen MR) is 70.0 cm³/mol. The Morgan fingerprint density at radius 1 is 1.41 bits per heavy atom. The molecule has 1 atom stereocenters. The Bertz CT molecular complexity index is 288. The molecule has 0 bridgehead atoms. The number of likely N-dealkylation sites (N-methyl/N-ethyl adjacent to an activating group) is 2. The van der Waals surface area contributed by atoms with Crippen molar-refractivity contribution in [3.63, 3.8) is 0 Å². The van der Waals surface area contributed by atoms with Gasteiger partial charge < -0.3 is 15.3 Å². The Hall–Kier alpha value is -0.970. The number of aliphatic hydroxyl groups is 1. The standard InChI is InChI=1S/C13H23N3O/c1-14-13(11-17)7-10-16(2)9-6-12-5-3-4-8-15-12/h3-5,8,13-14,17H,6-7,9-11H2,1-2H3. The maximum atomic E-state index is 9.06. The summed E-state index contributed by atoms with van der Waals surface area (Å²) in [5.74, 6) is 0. The molecule has 0 saturated heterocycles. The van der Waals surface area contributed by atoms with Crippen LogP contribution in [0.25, 0.3) is 0 Å². The highest BCUT2D eigenvalue weighted by molar-refractivity contribution is 5.03. The van der Waals surface area contributed by atoms with Gasteiger partial charge in [-0.05, 0) is 39.2 Å². The van der Waals surface area contributed by atoms with Crippen LogP contribution in [0.1, 0.15) is 12.1 Å². The molecule has 4 heteroatoms. The molecule has 17 heavy (non-hydrogen) atoms. The first-order valence-corrected chi connectivity index (χ1v) is 6.13. The summed E-state index contributed by atoms with van der Waals surface area (Å²) in [6.07, 6.45) is 3.77. The van der Waals surface area contributed by atoms with E-state index < -0.39 is 0 Å². The van der Waals surface area contributed by atoms with Crippen molar-refractivity contribution in [2.24, 2.45) is 0 Å². The molecule has 1 heterocycles. The number of aromatic nitrogens is 1. The van der Waals surface area contributed by atoms with Crippen LogP contribution in [-0.2, 0) is 6.42 Å². The lowest BCUT2D eigenvalue weighted by atomic mass is 10.2. The minimum Gasteiger partial charge on any atom is -0.395 e. The molecular weight excluding hydrogens is 214 g/mol. The van der Waals surface area contributed by atoms with E-state index in [9.17, 15) is 0 Å². The van der Waals surface area contributed by atoms with Gasteiger partial charge in [0.25, 0.3) is 0 Å². The average Bonchev–Trinajstić information content (AvgIpc) is 2.39. The summed E-state index contributed by atoms with van der Waals surface area (Å²) in [5.41, 5.74) is 1.13. The highest BCUT2D eigenvalue weighted by Gasteiger charge is 2.06. The van der Waals surface area contributed by atoms with Crippen molar-refractivity contribution >= 4 is 0 Å². The van der Waals surface area contributed by atoms with Crippen molar-refractivity contribution in [1.82, 2.24) is 15.2 Å².